The number of nitrogens with zero attached hydrogens (tertiary/aromatic N) is 4. The van der Waals surface area contributed by atoms with Gasteiger partial charge in [-0.3, -0.25) is 9.36 Å². The summed E-state index contributed by atoms with van der Waals surface area (Å²) in [4.78, 5) is 0. The van der Waals surface area contributed by atoms with Gasteiger partial charge in [-0.25, -0.2) is 0 Å². The van der Waals surface area contributed by atoms with Crippen LogP contribution in [-0.2, 0) is 13.1 Å². The molecule has 0 aliphatic heterocycles. The lowest BCUT2D eigenvalue weighted by Gasteiger charge is -2.07. The van der Waals surface area contributed by atoms with Crippen molar-refractivity contribution in [1.29, 1.82) is 0 Å². The Balaban J connectivity index is 1.31. The second kappa shape index (κ2) is 8.92. The number of aryl methyl sites for hydroxylation is 2. The van der Waals surface area contributed by atoms with E-state index >= 15 is 0 Å². The number of hydrogen-bond acceptors (Lipinski definition) is 3. The van der Waals surface area contributed by atoms with Crippen LogP contribution in [0.4, 0.5) is 11.5 Å². The summed E-state index contributed by atoms with van der Waals surface area (Å²) >= 11 is 5.42. The summed E-state index contributed by atoms with van der Waals surface area (Å²) in [5.41, 5.74) is 5.74. The number of anilines is 2. The van der Waals surface area contributed by atoms with E-state index in [4.69, 9.17) is 12.2 Å². The van der Waals surface area contributed by atoms with Gasteiger partial charge in [0.05, 0.1) is 25.0 Å². The molecule has 0 atom stereocenters. The van der Waals surface area contributed by atoms with Crippen molar-refractivity contribution < 1.29 is 0 Å². The minimum absolute atomic E-state index is 0.477. The van der Waals surface area contributed by atoms with Gasteiger partial charge in [-0.15, -0.1) is 0 Å². The first-order valence-corrected chi connectivity index (χ1v) is 10.2. The first kappa shape index (κ1) is 19.8. The van der Waals surface area contributed by atoms with Crippen LogP contribution in [-0.4, -0.2) is 24.7 Å². The van der Waals surface area contributed by atoms with E-state index in [1.807, 2.05) is 27.8 Å². The zero-order valence-electron chi connectivity index (χ0n) is 17.0. The molecule has 2 heterocycles. The van der Waals surface area contributed by atoms with Crippen molar-refractivity contribution in [3.8, 4) is 0 Å². The van der Waals surface area contributed by atoms with Crippen LogP contribution < -0.4 is 10.6 Å². The van der Waals surface area contributed by atoms with Crippen LogP contribution in [0.5, 0.6) is 0 Å². The van der Waals surface area contributed by atoms with E-state index in [9.17, 15) is 0 Å². The fourth-order valence-electron chi connectivity index (χ4n) is 3.19. The third-order valence-corrected chi connectivity index (χ3v) is 4.87. The molecular weight excluding hydrogens is 392 g/mol. The Morgan fingerprint density at radius 1 is 0.900 bits per heavy atom. The molecule has 30 heavy (non-hydrogen) atoms. The molecule has 2 aromatic carbocycles. The molecule has 0 aliphatic carbocycles. The Hall–Kier alpha value is -3.45. The van der Waals surface area contributed by atoms with E-state index in [0.717, 1.165) is 12.2 Å². The van der Waals surface area contributed by atoms with E-state index in [0.29, 0.717) is 17.5 Å². The Morgan fingerprint density at radius 2 is 1.70 bits per heavy atom. The van der Waals surface area contributed by atoms with Crippen LogP contribution in [0, 0.1) is 13.8 Å². The van der Waals surface area contributed by atoms with Crippen molar-refractivity contribution in [2.75, 3.05) is 10.6 Å². The van der Waals surface area contributed by atoms with E-state index in [1.54, 1.807) is 6.20 Å². The molecule has 0 bridgehead atoms. The number of thiocarbonyl (C=S) groups is 1. The first-order chi connectivity index (χ1) is 14.5. The zero-order valence-corrected chi connectivity index (χ0v) is 17.9. The average molecular weight is 417 g/mol. The molecule has 0 unspecified atom stereocenters. The maximum atomic E-state index is 5.42. The highest BCUT2D eigenvalue weighted by atomic mass is 32.1. The van der Waals surface area contributed by atoms with Gasteiger partial charge < -0.3 is 10.6 Å². The maximum Gasteiger partial charge on any atom is 0.176 e. The Kier molecular flexibility index (Phi) is 5.90. The lowest BCUT2D eigenvalue weighted by Crippen LogP contribution is -2.19. The molecule has 0 saturated heterocycles. The van der Waals surface area contributed by atoms with Gasteiger partial charge in [-0.1, -0.05) is 59.7 Å². The SMILES string of the molecule is Cc1ccc(Cn2cc(NC(=S)Nc3ccn(Cc4cccc(C)c4)n3)cn2)cc1. The van der Waals surface area contributed by atoms with Gasteiger partial charge in [0, 0.05) is 18.5 Å². The summed E-state index contributed by atoms with van der Waals surface area (Å²) in [7, 11) is 0. The van der Waals surface area contributed by atoms with Crippen LogP contribution in [0.25, 0.3) is 0 Å². The maximum absolute atomic E-state index is 5.42. The minimum atomic E-state index is 0.477. The molecule has 152 valence electrons. The lowest BCUT2D eigenvalue weighted by atomic mass is 10.1. The minimum Gasteiger partial charge on any atom is -0.330 e. The second-order valence-corrected chi connectivity index (χ2v) is 7.79. The molecule has 6 nitrogen and oxygen atoms in total. The standard InChI is InChI=1S/C23H24N6S/c1-17-6-8-19(9-7-17)14-29-16-21(13-24-29)25-23(30)26-22-10-11-28(27-22)15-20-5-3-4-18(2)12-20/h3-13,16H,14-15H2,1-2H3,(H2,25,26,27,30). The van der Waals surface area contributed by atoms with Gasteiger partial charge >= 0.3 is 0 Å². The molecule has 2 aromatic heterocycles. The fraction of sp³-hybridized carbons (Fsp3) is 0.174. The predicted octanol–water partition coefficient (Wildman–Crippen LogP) is 4.60. The molecule has 2 N–H and O–H groups in total. The molecule has 4 rings (SSSR count). The van der Waals surface area contributed by atoms with Gasteiger partial charge in [-0.05, 0) is 37.2 Å². The number of rotatable bonds is 6. The molecule has 7 heteroatoms. The van der Waals surface area contributed by atoms with Gasteiger partial charge in [0.25, 0.3) is 0 Å². The van der Waals surface area contributed by atoms with Crippen molar-refractivity contribution >= 4 is 28.8 Å². The van der Waals surface area contributed by atoms with Gasteiger partial charge in [0.1, 0.15) is 0 Å². The van der Waals surface area contributed by atoms with E-state index in [1.165, 1.54) is 22.3 Å². The lowest BCUT2D eigenvalue weighted by molar-refractivity contribution is 0.687. The molecule has 4 aromatic rings. The fourth-order valence-corrected chi connectivity index (χ4v) is 3.41. The molecule has 0 radical (unpaired) electrons. The largest absolute Gasteiger partial charge is 0.330 e. The van der Waals surface area contributed by atoms with Gasteiger partial charge in [0.15, 0.2) is 10.9 Å². The summed E-state index contributed by atoms with van der Waals surface area (Å²) in [6.07, 6.45) is 5.63. The highest BCUT2D eigenvalue weighted by Gasteiger charge is 2.05. The van der Waals surface area contributed by atoms with Crippen LogP contribution in [0.3, 0.4) is 0 Å². The Morgan fingerprint density at radius 3 is 2.50 bits per heavy atom. The second-order valence-electron chi connectivity index (χ2n) is 7.38. The van der Waals surface area contributed by atoms with Crippen LogP contribution in [0.1, 0.15) is 22.3 Å². The van der Waals surface area contributed by atoms with Crippen LogP contribution >= 0.6 is 12.2 Å². The molecule has 0 aliphatic rings. The molecule has 0 spiro atoms. The predicted molar refractivity (Wildman–Crippen MR) is 125 cm³/mol. The average Bonchev–Trinajstić information content (AvgIpc) is 3.33. The third-order valence-electron chi connectivity index (χ3n) is 4.67. The van der Waals surface area contributed by atoms with E-state index < -0.39 is 0 Å². The van der Waals surface area contributed by atoms with Crippen LogP contribution in [0.15, 0.2) is 73.2 Å². The molecular formula is C23H24N6S. The number of hydrogen-bond donors (Lipinski definition) is 2. The molecule has 0 amide bonds. The third kappa shape index (κ3) is 5.33. The van der Waals surface area contributed by atoms with E-state index in [-0.39, 0.29) is 0 Å². The summed E-state index contributed by atoms with van der Waals surface area (Å²) in [5, 5.41) is 15.7. The highest BCUT2D eigenvalue weighted by Crippen LogP contribution is 2.11. The monoisotopic (exact) mass is 416 g/mol. The van der Waals surface area contributed by atoms with Crippen LogP contribution in [0.2, 0.25) is 0 Å². The smallest absolute Gasteiger partial charge is 0.176 e. The number of benzene rings is 2. The Labute approximate surface area is 181 Å². The summed E-state index contributed by atoms with van der Waals surface area (Å²) in [5.74, 6) is 0.701. The molecule has 0 saturated carbocycles. The summed E-state index contributed by atoms with van der Waals surface area (Å²) in [6, 6.07) is 18.8. The van der Waals surface area contributed by atoms with Crippen molar-refractivity contribution in [2.45, 2.75) is 26.9 Å². The van der Waals surface area contributed by atoms with E-state index in [2.05, 4.69) is 83.2 Å². The summed E-state index contributed by atoms with van der Waals surface area (Å²) in [6.45, 7) is 5.60. The van der Waals surface area contributed by atoms with Gasteiger partial charge in [0.2, 0.25) is 0 Å². The van der Waals surface area contributed by atoms with Gasteiger partial charge in [-0.2, -0.15) is 10.2 Å². The number of nitrogens with one attached hydrogen (secondary N) is 2. The molecule has 0 fully saturated rings. The van der Waals surface area contributed by atoms with Crippen molar-refractivity contribution in [3.63, 3.8) is 0 Å². The highest BCUT2D eigenvalue weighted by molar-refractivity contribution is 7.80. The zero-order chi connectivity index (χ0) is 20.9. The summed E-state index contributed by atoms with van der Waals surface area (Å²) < 4.78 is 3.77. The van der Waals surface area contributed by atoms with Crippen molar-refractivity contribution in [2.24, 2.45) is 0 Å². The van der Waals surface area contributed by atoms with Crippen molar-refractivity contribution in [1.82, 2.24) is 19.6 Å². The Bertz CT molecular complexity index is 1140. The van der Waals surface area contributed by atoms with Crippen molar-refractivity contribution in [3.05, 3.63) is 95.4 Å². The first-order valence-electron chi connectivity index (χ1n) is 9.78. The topological polar surface area (TPSA) is 59.7 Å². The quantitative estimate of drug-likeness (QED) is 0.450. The number of aromatic nitrogens is 4. The normalized spacial score (nSPS) is 10.7.